The van der Waals surface area contributed by atoms with Gasteiger partial charge in [0.05, 0.1) is 49.6 Å². The van der Waals surface area contributed by atoms with Crippen molar-refractivity contribution >= 4 is 34.6 Å². The molecular formula is C35H38F4N6O5. The predicted molar refractivity (Wildman–Crippen MR) is 175 cm³/mol. The fourth-order valence-electron chi connectivity index (χ4n) is 8.33. The highest BCUT2D eigenvalue weighted by atomic mass is 19.4. The van der Waals surface area contributed by atoms with Crippen molar-refractivity contribution in [2.75, 3.05) is 37.0 Å². The van der Waals surface area contributed by atoms with Crippen molar-refractivity contribution in [2.24, 2.45) is 5.41 Å². The zero-order valence-electron chi connectivity index (χ0n) is 28.0. The van der Waals surface area contributed by atoms with Crippen LogP contribution in [0.2, 0.25) is 0 Å². The zero-order chi connectivity index (χ0) is 35.3. The molecule has 1 amide bonds. The maximum Gasteiger partial charge on any atom is 0.417 e. The van der Waals surface area contributed by atoms with Crippen LogP contribution in [-0.4, -0.2) is 82.1 Å². The van der Waals surface area contributed by atoms with Gasteiger partial charge in [-0.15, -0.1) is 0 Å². The summed E-state index contributed by atoms with van der Waals surface area (Å²) in [6.07, 6.45) is -0.579. The summed E-state index contributed by atoms with van der Waals surface area (Å²) in [4.78, 5) is 30.9. The Hall–Kier alpha value is -4.40. The monoisotopic (exact) mass is 698 g/mol. The number of nitrogens with zero attached hydrogens (tertiary/aromatic N) is 5. The van der Waals surface area contributed by atoms with Crippen molar-refractivity contribution in [3.8, 4) is 23.1 Å². The van der Waals surface area contributed by atoms with E-state index in [1.165, 1.54) is 0 Å². The van der Waals surface area contributed by atoms with Crippen LogP contribution >= 0.6 is 0 Å². The number of fused-ring (bicyclic) bond motifs is 6. The molecule has 0 unspecified atom stereocenters. The lowest BCUT2D eigenvalue weighted by molar-refractivity contribution is -0.137. The number of hydrogen-bond acceptors (Lipinski definition) is 10. The van der Waals surface area contributed by atoms with Gasteiger partial charge in [-0.3, -0.25) is 4.90 Å². The fourth-order valence-corrected chi connectivity index (χ4v) is 8.33. The molecule has 0 spiro atoms. The first-order valence-corrected chi connectivity index (χ1v) is 16.8. The fraction of sp³-hybridized carbons (Fsp3) is 0.543. The topological polar surface area (TPSA) is 125 Å². The number of piperazine rings is 1. The second-order valence-corrected chi connectivity index (χ2v) is 15.0. The number of carbonyl (C=O) groups excluding carboxylic acids is 1. The Bertz CT molecular complexity index is 1900. The summed E-state index contributed by atoms with van der Waals surface area (Å²) in [7, 11) is 0. The van der Waals surface area contributed by atoms with Gasteiger partial charge in [0, 0.05) is 29.6 Å². The van der Waals surface area contributed by atoms with Crippen LogP contribution in [0.5, 0.6) is 11.9 Å². The molecule has 3 atom stereocenters. The quantitative estimate of drug-likeness (QED) is 0.237. The first-order valence-electron chi connectivity index (χ1n) is 16.8. The van der Waals surface area contributed by atoms with Gasteiger partial charge >= 0.3 is 18.3 Å². The van der Waals surface area contributed by atoms with Crippen LogP contribution < -0.4 is 20.1 Å². The van der Waals surface area contributed by atoms with E-state index in [-0.39, 0.29) is 82.7 Å². The number of alkyl halides is 3. The third-order valence-corrected chi connectivity index (χ3v) is 10.4. The number of nitrogens with two attached hydrogens (primary N) is 1. The molecule has 7 heterocycles. The Morgan fingerprint density at radius 2 is 1.92 bits per heavy atom. The lowest BCUT2D eigenvalue weighted by Gasteiger charge is -2.48. The summed E-state index contributed by atoms with van der Waals surface area (Å²) < 4.78 is 84.5. The summed E-state index contributed by atoms with van der Waals surface area (Å²) in [5.41, 5.74) is 2.16. The highest BCUT2D eigenvalue weighted by molar-refractivity contribution is 5.97. The number of anilines is 2. The number of halogens is 4. The average Bonchev–Trinajstić information content (AvgIpc) is 3.71. The number of aromatic nitrogens is 3. The van der Waals surface area contributed by atoms with Gasteiger partial charge in [-0.2, -0.15) is 23.1 Å². The summed E-state index contributed by atoms with van der Waals surface area (Å²) in [5, 5.41) is 0.112. The minimum absolute atomic E-state index is 0.0294. The van der Waals surface area contributed by atoms with Crippen molar-refractivity contribution in [3.63, 3.8) is 0 Å². The van der Waals surface area contributed by atoms with Crippen LogP contribution in [-0.2, 0) is 15.7 Å². The maximum absolute atomic E-state index is 17.0. The number of rotatable bonds is 5. The van der Waals surface area contributed by atoms with E-state index in [0.29, 0.717) is 26.0 Å². The van der Waals surface area contributed by atoms with Crippen LogP contribution in [0.1, 0.15) is 64.0 Å². The summed E-state index contributed by atoms with van der Waals surface area (Å²) in [6, 6.07) is 1.28. The first kappa shape index (κ1) is 32.8. The van der Waals surface area contributed by atoms with E-state index in [4.69, 9.17) is 29.7 Å². The lowest BCUT2D eigenvalue weighted by atomic mass is 9.71. The molecule has 3 aromatic rings. The van der Waals surface area contributed by atoms with Gasteiger partial charge < -0.3 is 29.6 Å². The Morgan fingerprint density at radius 1 is 1.14 bits per heavy atom. The number of nitrogen functional groups attached to an aromatic ring is 1. The normalized spacial score (nSPS) is 26.9. The van der Waals surface area contributed by atoms with Crippen molar-refractivity contribution in [3.05, 3.63) is 35.7 Å². The smallest absolute Gasteiger partial charge is 0.417 e. The number of amides is 1. The SMILES string of the molecule is C=Cc1cc(N)cc(-c2nc3c4c(nc(OCC56COC(C5)C6)nc4c2F)N2C[C@H]4CC[C@@H]([C@H]2CCO3)N4C(=O)OC(C)(C)C)c1C(F)(F)F. The van der Waals surface area contributed by atoms with Crippen LogP contribution in [0, 0.1) is 11.2 Å². The molecule has 4 saturated heterocycles. The molecule has 6 aliphatic rings. The number of ether oxygens (including phenoxy) is 4. The first-order chi connectivity index (χ1) is 23.6. The minimum Gasteiger partial charge on any atom is -0.477 e. The number of hydrogen-bond donors (Lipinski definition) is 1. The van der Waals surface area contributed by atoms with Gasteiger partial charge in [0.2, 0.25) is 5.88 Å². The molecule has 11 nitrogen and oxygen atoms in total. The maximum atomic E-state index is 17.0. The summed E-state index contributed by atoms with van der Waals surface area (Å²) >= 11 is 0. The lowest BCUT2D eigenvalue weighted by Crippen LogP contribution is -2.62. The highest BCUT2D eigenvalue weighted by Gasteiger charge is 2.53. The Labute approximate surface area is 285 Å². The number of benzene rings is 1. The Balaban J connectivity index is 1.29. The van der Waals surface area contributed by atoms with Gasteiger partial charge in [0.15, 0.2) is 5.82 Å². The Kier molecular flexibility index (Phi) is 7.41. The van der Waals surface area contributed by atoms with Crippen molar-refractivity contribution < 1.29 is 41.3 Å². The van der Waals surface area contributed by atoms with Crippen molar-refractivity contribution in [1.29, 1.82) is 0 Å². The molecule has 9 rings (SSSR count). The van der Waals surface area contributed by atoms with E-state index in [1.807, 2.05) is 25.7 Å². The molecule has 2 aromatic heterocycles. The second kappa shape index (κ2) is 11.3. The van der Waals surface area contributed by atoms with Crippen molar-refractivity contribution in [2.45, 2.75) is 88.9 Å². The molecule has 50 heavy (non-hydrogen) atoms. The molecule has 1 aromatic carbocycles. The van der Waals surface area contributed by atoms with Crippen LogP contribution in [0.25, 0.3) is 28.2 Å². The van der Waals surface area contributed by atoms with E-state index in [9.17, 15) is 18.0 Å². The van der Waals surface area contributed by atoms with Gasteiger partial charge in [0.1, 0.15) is 28.0 Å². The largest absolute Gasteiger partial charge is 0.477 e. The van der Waals surface area contributed by atoms with Gasteiger partial charge in [-0.05, 0) is 64.2 Å². The van der Waals surface area contributed by atoms with E-state index in [2.05, 4.69) is 16.5 Å². The van der Waals surface area contributed by atoms with E-state index in [1.54, 1.807) is 4.90 Å². The van der Waals surface area contributed by atoms with Gasteiger partial charge in [-0.25, -0.2) is 14.2 Å². The predicted octanol–water partition coefficient (Wildman–Crippen LogP) is 6.37. The number of pyridine rings is 1. The third-order valence-electron chi connectivity index (χ3n) is 10.4. The van der Waals surface area contributed by atoms with Gasteiger partial charge in [0.25, 0.3) is 0 Å². The Morgan fingerprint density at radius 3 is 2.60 bits per heavy atom. The molecule has 0 radical (unpaired) electrons. The minimum atomic E-state index is -4.89. The average molecular weight is 699 g/mol. The standard InChI is InChI=1S/C35H38F4N6O5/c1-5-17-10-18(40)11-21(25(17)35(37,38)39)27-26(36)28-24-29(43-31(42-28)49-16-34-12-20(13-34)48-15-34)44-14-19-6-7-23(22(44)8-9-47-30(24)41-27)45(19)32(46)50-33(2,3)4/h5,10-11,19-20,22-23H,1,6-9,12-16,40H2,2-4H3/t19-,20?,22-,23+,34?/m1/s1. The van der Waals surface area contributed by atoms with Crippen LogP contribution in [0.15, 0.2) is 18.7 Å². The van der Waals surface area contributed by atoms with Crippen LogP contribution in [0.3, 0.4) is 0 Å². The van der Waals surface area contributed by atoms with Gasteiger partial charge in [-0.1, -0.05) is 12.7 Å². The number of carbonyl (C=O) groups is 1. The molecule has 15 heteroatoms. The summed E-state index contributed by atoms with van der Waals surface area (Å²) in [6.45, 7) is 10.2. The van der Waals surface area contributed by atoms with E-state index < -0.39 is 40.5 Å². The molecule has 266 valence electrons. The highest BCUT2D eigenvalue weighted by Crippen LogP contribution is 2.51. The molecule has 2 N–H and O–H groups in total. The van der Waals surface area contributed by atoms with E-state index >= 15 is 4.39 Å². The molecule has 1 saturated carbocycles. The molecular weight excluding hydrogens is 660 g/mol. The second-order valence-electron chi connectivity index (χ2n) is 15.0. The molecule has 4 bridgehead atoms. The molecule has 5 fully saturated rings. The molecule has 1 aliphatic carbocycles. The molecule has 5 aliphatic heterocycles. The zero-order valence-corrected chi connectivity index (χ0v) is 28.0. The van der Waals surface area contributed by atoms with Crippen molar-refractivity contribution in [1.82, 2.24) is 19.9 Å². The summed E-state index contributed by atoms with van der Waals surface area (Å²) in [5.74, 6) is -0.936. The third kappa shape index (κ3) is 5.35. The van der Waals surface area contributed by atoms with Crippen LogP contribution in [0.4, 0.5) is 33.9 Å². The van der Waals surface area contributed by atoms with E-state index in [0.717, 1.165) is 37.5 Å².